The highest BCUT2D eigenvalue weighted by Crippen LogP contribution is 2.25. The van der Waals surface area contributed by atoms with Gasteiger partial charge in [-0.1, -0.05) is 30.3 Å². The summed E-state index contributed by atoms with van der Waals surface area (Å²) in [5, 5.41) is 1.97. The van der Waals surface area contributed by atoms with Crippen molar-refractivity contribution in [1.29, 1.82) is 0 Å². The minimum atomic E-state index is -3.80. The molecule has 0 aliphatic carbocycles. The highest BCUT2D eigenvalue weighted by atomic mass is 32.2. The number of ether oxygens (including phenoxy) is 1. The molecular weight excluding hydrogens is 312 g/mol. The molecule has 0 amide bonds. The zero-order chi connectivity index (χ0) is 15.3. The van der Waals surface area contributed by atoms with Crippen LogP contribution < -0.4 is 4.72 Å². The van der Waals surface area contributed by atoms with Gasteiger partial charge in [-0.2, -0.15) is 0 Å². The molecule has 0 spiro atoms. The van der Waals surface area contributed by atoms with Crippen LogP contribution in [0.3, 0.4) is 0 Å². The zero-order valence-electron chi connectivity index (χ0n) is 11.3. The number of carbonyl (C=O) groups is 1. The zero-order valence-corrected chi connectivity index (χ0v) is 12.9. The molecule has 1 heterocycles. The number of nitrogens with one attached hydrogen (secondary N) is 1. The number of thiazole rings is 1. The van der Waals surface area contributed by atoms with Crippen molar-refractivity contribution < 1.29 is 17.9 Å². The molecule has 6 nitrogen and oxygen atoms in total. The Hall–Kier alpha value is -1.93. The third-order valence-corrected chi connectivity index (χ3v) is 4.44. The molecule has 0 aliphatic rings. The maximum absolute atomic E-state index is 11.8. The Morgan fingerprint density at radius 2 is 2.05 bits per heavy atom. The largest absolute Gasteiger partial charge is 0.465 e. The Morgan fingerprint density at radius 3 is 2.71 bits per heavy atom. The fraction of sp³-hybridized carbons (Fsp3) is 0.231. The molecule has 0 saturated carbocycles. The molecule has 1 aromatic heterocycles. The van der Waals surface area contributed by atoms with E-state index < -0.39 is 21.7 Å². The Kier molecular flexibility index (Phi) is 4.92. The summed E-state index contributed by atoms with van der Waals surface area (Å²) in [6, 6.07) is 9.40. The first-order valence-corrected chi connectivity index (χ1v) is 8.70. The lowest BCUT2D eigenvalue weighted by Gasteiger charge is -2.04. The van der Waals surface area contributed by atoms with Crippen molar-refractivity contribution in [2.45, 2.75) is 6.92 Å². The highest BCUT2D eigenvalue weighted by Gasteiger charge is 2.19. The third kappa shape index (κ3) is 4.54. The second kappa shape index (κ2) is 6.68. The molecule has 2 rings (SSSR count). The number of rotatable bonds is 6. The number of esters is 1. The van der Waals surface area contributed by atoms with Crippen LogP contribution in [-0.2, 0) is 19.6 Å². The number of nitrogens with zero attached hydrogens (tertiary/aromatic N) is 1. The second-order valence-corrected chi connectivity index (χ2v) is 6.65. The predicted molar refractivity (Wildman–Crippen MR) is 81.6 cm³/mol. The van der Waals surface area contributed by atoms with Crippen molar-refractivity contribution in [2.24, 2.45) is 0 Å². The smallest absolute Gasteiger partial charge is 0.323 e. The molecule has 0 bridgehead atoms. The maximum Gasteiger partial charge on any atom is 0.323 e. The standard InChI is InChI=1S/C13H14N2O4S2/c1-2-19-12(16)9-21(17,18)15-13-14-11(8-20-13)10-6-4-3-5-7-10/h3-8H,2,9H2,1H3,(H,14,15). The summed E-state index contributed by atoms with van der Waals surface area (Å²) < 4.78 is 30.5. The average molecular weight is 326 g/mol. The van der Waals surface area contributed by atoms with E-state index in [1.807, 2.05) is 30.3 Å². The molecule has 1 aromatic carbocycles. The first-order chi connectivity index (χ1) is 10.00. The molecule has 21 heavy (non-hydrogen) atoms. The lowest BCUT2D eigenvalue weighted by atomic mass is 10.2. The van der Waals surface area contributed by atoms with Gasteiger partial charge < -0.3 is 4.74 Å². The van der Waals surface area contributed by atoms with Gasteiger partial charge in [-0.3, -0.25) is 9.52 Å². The molecule has 0 unspecified atom stereocenters. The van der Waals surface area contributed by atoms with Crippen LogP contribution in [0.15, 0.2) is 35.7 Å². The monoisotopic (exact) mass is 326 g/mol. The minimum Gasteiger partial charge on any atom is -0.465 e. The van der Waals surface area contributed by atoms with Crippen molar-refractivity contribution in [3.8, 4) is 11.3 Å². The predicted octanol–water partition coefficient (Wildman–Crippen LogP) is 2.11. The van der Waals surface area contributed by atoms with E-state index >= 15 is 0 Å². The number of aromatic nitrogens is 1. The van der Waals surface area contributed by atoms with Gasteiger partial charge >= 0.3 is 5.97 Å². The molecule has 2 aromatic rings. The summed E-state index contributed by atoms with van der Waals surface area (Å²) >= 11 is 1.16. The van der Waals surface area contributed by atoms with Gasteiger partial charge in [0.1, 0.15) is 0 Å². The van der Waals surface area contributed by atoms with Crippen LogP contribution in [0.25, 0.3) is 11.3 Å². The first kappa shape index (κ1) is 15.5. The SMILES string of the molecule is CCOC(=O)CS(=O)(=O)Nc1nc(-c2ccccc2)cs1. The van der Waals surface area contributed by atoms with E-state index in [1.165, 1.54) is 0 Å². The average Bonchev–Trinajstić information content (AvgIpc) is 2.87. The molecule has 1 N–H and O–H groups in total. The minimum absolute atomic E-state index is 0.143. The van der Waals surface area contributed by atoms with Crippen molar-refractivity contribution in [3.05, 3.63) is 35.7 Å². The van der Waals surface area contributed by atoms with E-state index in [2.05, 4.69) is 14.4 Å². The Bertz CT molecular complexity index is 711. The first-order valence-electron chi connectivity index (χ1n) is 6.17. The quantitative estimate of drug-likeness (QED) is 0.822. The van der Waals surface area contributed by atoms with Crippen LogP contribution in [-0.4, -0.2) is 31.7 Å². The van der Waals surface area contributed by atoms with Crippen LogP contribution in [0.1, 0.15) is 6.92 Å². The Morgan fingerprint density at radius 1 is 1.33 bits per heavy atom. The van der Waals surface area contributed by atoms with Gasteiger partial charge in [0.25, 0.3) is 0 Å². The van der Waals surface area contributed by atoms with Crippen molar-refractivity contribution in [1.82, 2.24) is 4.98 Å². The van der Waals surface area contributed by atoms with Crippen molar-refractivity contribution in [3.63, 3.8) is 0 Å². The van der Waals surface area contributed by atoms with Crippen LogP contribution >= 0.6 is 11.3 Å². The fourth-order valence-corrected chi connectivity index (χ4v) is 3.50. The summed E-state index contributed by atoms with van der Waals surface area (Å²) in [6.45, 7) is 1.76. The molecule has 0 fully saturated rings. The van der Waals surface area contributed by atoms with Gasteiger partial charge in [-0.15, -0.1) is 11.3 Å². The van der Waals surface area contributed by atoms with Crippen LogP contribution in [0, 0.1) is 0 Å². The summed E-state index contributed by atoms with van der Waals surface area (Å²) in [5.74, 6) is -1.51. The lowest BCUT2D eigenvalue weighted by molar-refractivity contribution is -0.139. The van der Waals surface area contributed by atoms with Gasteiger partial charge in [-0.05, 0) is 6.92 Å². The summed E-state index contributed by atoms with van der Waals surface area (Å²) in [7, 11) is -3.80. The van der Waals surface area contributed by atoms with Crippen LogP contribution in [0.4, 0.5) is 5.13 Å². The molecule has 0 saturated heterocycles. The highest BCUT2D eigenvalue weighted by molar-refractivity contribution is 7.93. The number of benzene rings is 1. The summed E-state index contributed by atoms with van der Waals surface area (Å²) in [5.41, 5.74) is 1.57. The van der Waals surface area contributed by atoms with E-state index in [0.29, 0.717) is 5.69 Å². The Labute approximate surface area is 126 Å². The van der Waals surface area contributed by atoms with E-state index in [4.69, 9.17) is 0 Å². The summed E-state index contributed by atoms with van der Waals surface area (Å²) in [4.78, 5) is 15.4. The molecule has 112 valence electrons. The van der Waals surface area contributed by atoms with E-state index in [9.17, 15) is 13.2 Å². The lowest BCUT2D eigenvalue weighted by Crippen LogP contribution is -2.24. The molecular formula is C13H14N2O4S2. The number of sulfonamides is 1. The Balaban J connectivity index is 2.07. The van der Waals surface area contributed by atoms with Crippen LogP contribution in [0.5, 0.6) is 0 Å². The molecule has 0 radical (unpaired) electrons. The molecule has 0 aliphatic heterocycles. The normalized spacial score (nSPS) is 11.1. The van der Waals surface area contributed by atoms with Gasteiger partial charge in [-0.25, -0.2) is 13.4 Å². The van der Waals surface area contributed by atoms with E-state index in [1.54, 1.807) is 12.3 Å². The topological polar surface area (TPSA) is 85.4 Å². The third-order valence-electron chi connectivity index (χ3n) is 2.43. The number of hydrogen-bond donors (Lipinski definition) is 1. The number of carbonyl (C=O) groups excluding carboxylic acids is 1. The van der Waals surface area contributed by atoms with E-state index in [-0.39, 0.29) is 11.7 Å². The second-order valence-electron chi connectivity index (χ2n) is 4.07. The van der Waals surface area contributed by atoms with Crippen molar-refractivity contribution in [2.75, 3.05) is 17.1 Å². The van der Waals surface area contributed by atoms with Crippen LogP contribution in [0.2, 0.25) is 0 Å². The maximum atomic E-state index is 11.8. The molecule has 8 heteroatoms. The van der Waals surface area contributed by atoms with Gasteiger partial charge in [0.05, 0.1) is 12.3 Å². The summed E-state index contributed by atoms with van der Waals surface area (Å²) in [6.07, 6.45) is 0. The van der Waals surface area contributed by atoms with Gasteiger partial charge in [0.2, 0.25) is 10.0 Å². The van der Waals surface area contributed by atoms with E-state index in [0.717, 1.165) is 16.9 Å². The van der Waals surface area contributed by atoms with Gasteiger partial charge in [0, 0.05) is 10.9 Å². The fourth-order valence-electron chi connectivity index (χ4n) is 1.59. The molecule has 0 atom stereocenters. The number of anilines is 1. The van der Waals surface area contributed by atoms with Gasteiger partial charge in [0.15, 0.2) is 10.9 Å². The number of hydrogen-bond acceptors (Lipinski definition) is 6. The van der Waals surface area contributed by atoms with Crippen molar-refractivity contribution >= 4 is 32.5 Å².